The second-order valence-electron chi connectivity index (χ2n) is 11.0. The quantitative estimate of drug-likeness (QED) is 0.0707. The first-order chi connectivity index (χ1) is 21.8. The molecule has 45 heavy (non-hydrogen) atoms. The van der Waals surface area contributed by atoms with Crippen molar-refractivity contribution in [2.24, 2.45) is 0 Å². The zero-order valence-electron chi connectivity index (χ0n) is 26.6. The molecule has 3 aromatic rings. The van der Waals surface area contributed by atoms with E-state index in [-0.39, 0.29) is 11.3 Å². The van der Waals surface area contributed by atoms with Gasteiger partial charge in [0.1, 0.15) is 11.5 Å². The number of rotatable bonds is 19. The van der Waals surface area contributed by atoms with Crippen LogP contribution in [-0.2, 0) is 14.3 Å². The molecule has 0 amide bonds. The molecule has 0 saturated heterocycles. The molecule has 3 rings (SSSR count). The molecule has 1 atom stereocenters. The second-order valence-corrected chi connectivity index (χ2v) is 11.9. The van der Waals surface area contributed by atoms with Gasteiger partial charge in [-0.3, -0.25) is 0 Å². The van der Waals surface area contributed by atoms with Crippen molar-refractivity contribution in [2.75, 3.05) is 13.2 Å². The molecule has 0 aliphatic carbocycles. The van der Waals surface area contributed by atoms with Gasteiger partial charge in [0.05, 0.1) is 28.8 Å². The summed E-state index contributed by atoms with van der Waals surface area (Å²) in [6.45, 7) is 6.81. The van der Waals surface area contributed by atoms with Gasteiger partial charge < -0.3 is 18.9 Å². The Balaban J connectivity index is 1.47. The Kier molecular flexibility index (Phi) is 15.7. The van der Waals surface area contributed by atoms with E-state index in [9.17, 15) is 14.4 Å². The first-order valence-electron chi connectivity index (χ1n) is 16.0. The third-order valence-electron chi connectivity index (χ3n) is 7.30. The van der Waals surface area contributed by atoms with E-state index < -0.39 is 24.0 Å². The van der Waals surface area contributed by atoms with Crippen LogP contribution in [0.15, 0.2) is 71.2 Å². The Morgan fingerprint density at radius 1 is 0.667 bits per heavy atom. The van der Waals surface area contributed by atoms with Crippen molar-refractivity contribution < 1.29 is 33.3 Å². The monoisotopic (exact) mass is 680 g/mol. The molecule has 7 nitrogen and oxygen atoms in total. The zero-order valence-corrected chi connectivity index (χ0v) is 28.2. The number of hydrogen-bond acceptors (Lipinski definition) is 7. The molecule has 242 valence electrons. The van der Waals surface area contributed by atoms with Gasteiger partial charge >= 0.3 is 17.9 Å². The van der Waals surface area contributed by atoms with E-state index in [0.717, 1.165) is 53.5 Å². The van der Waals surface area contributed by atoms with Gasteiger partial charge in [0.15, 0.2) is 6.10 Å². The lowest BCUT2D eigenvalue weighted by molar-refractivity contribution is -0.153. The fourth-order valence-corrected chi connectivity index (χ4v) is 5.07. The molecule has 1 unspecified atom stereocenters. The van der Waals surface area contributed by atoms with Gasteiger partial charge in [-0.25, -0.2) is 14.4 Å². The van der Waals surface area contributed by atoms with Gasteiger partial charge in [-0.15, -0.1) is 0 Å². The van der Waals surface area contributed by atoms with Crippen LogP contribution < -0.4 is 9.47 Å². The molecule has 0 N–H and O–H groups in total. The SMILES string of the molecule is CCCCCCCCOc1ccc(-c2ccc(C(=O)Oc3ccc(C(=O)OC(C)C(=O)OCCCCCC)cc3)cc2)cc1Br. The molecule has 0 aromatic heterocycles. The number of carbonyl (C=O) groups is 3. The summed E-state index contributed by atoms with van der Waals surface area (Å²) < 4.78 is 22.7. The van der Waals surface area contributed by atoms with Crippen LogP contribution in [0.3, 0.4) is 0 Å². The molecule has 0 heterocycles. The highest BCUT2D eigenvalue weighted by Crippen LogP contribution is 2.31. The van der Waals surface area contributed by atoms with Gasteiger partial charge in [-0.1, -0.05) is 83.4 Å². The van der Waals surface area contributed by atoms with Crippen LogP contribution in [0, 0.1) is 0 Å². The summed E-state index contributed by atoms with van der Waals surface area (Å²) in [5.41, 5.74) is 2.56. The summed E-state index contributed by atoms with van der Waals surface area (Å²) in [5.74, 6) is -0.666. The molecule has 0 aliphatic heterocycles. The molecule has 0 spiro atoms. The minimum Gasteiger partial charge on any atom is -0.492 e. The lowest BCUT2D eigenvalue weighted by atomic mass is 10.0. The lowest BCUT2D eigenvalue weighted by Crippen LogP contribution is -2.26. The summed E-state index contributed by atoms with van der Waals surface area (Å²) in [6, 6.07) is 19.1. The van der Waals surface area contributed by atoms with Crippen molar-refractivity contribution in [2.45, 2.75) is 91.1 Å². The van der Waals surface area contributed by atoms with E-state index in [0.29, 0.717) is 18.8 Å². The van der Waals surface area contributed by atoms with Gasteiger partial charge in [-0.2, -0.15) is 0 Å². The van der Waals surface area contributed by atoms with Crippen LogP contribution in [0.25, 0.3) is 11.1 Å². The maximum absolute atomic E-state index is 12.8. The number of benzene rings is 3. The molecule has 0 saturated carbocycles. The minimum atomic E-state index is -1.02. The van der Waals surface area contributed by atoms with E-state index in [1.807, 2.05) is 30.3 Å². The predicted octanol–water partition coefficient (Wildman–Crippen LogP) is 9.74. The van der Waals surface area contributed by atoms with Crippen molar-refractivity contribution in [1.82, 2.24) is 0 Å². The van der Waals surface area contributed by atoms with Crippen molar-refractivity contribution in [3.05, 3.63) is 82.3 Å². The van der Waals surface area contributed by atoms with E-state index in [2.05, 4.69) is 29.8 Å². The van der Waals surface area contributed by atoms with Gasteiger partial charge in [-0.05, 0) is 95.4 Å². The third-order valence-corrected chi connectivity index (χ3v) is 7.92. The largest absolute Gasteiger partial charge is 0.492 e. The Bertz CT molecular complexity index is 1350. The van der Waals surface area contributed by atoms with E-state index >= 15 is 0 Å². The number of halogens is 1. The highest BCUT2D eigenvalue weighted by Gasteiger charge is 2.20. The van der Waals surface area contributed by atoms with Gasteiger partial charge in [0, 0.05) is 0 Å². The smallest absolute Gasteiger partial charge is 0.347 e. The molecular formula is C37H45BrO7. The summed E-state index contributed by atoms with van der Waals surface area (Å²) >= 11 is 3.62. The molecular weight excluding hydrogens is 636 g/mol. The van der Waals surface area contributed by atoms with Crippen molar-refractivity contribution in [1.29, 1.82) is 0 Å². The molecule has 0 aliphatic rings. The number of esters is 3. The number of unbranched alkanes of at least 4 members (excludes halogenated alkanes) is 8. The first-order valence-corrected chi connectivity index (χ1v) is 16.8. The average Bonchev–Trinajstić information content (AvgIpc) is 3.05. The fourth-order valence-electron chi connectivity index (χ4n) is 4.58. The van der Waals surface area contributed by atoms with E-state index in [1.54, 1.807) is 12.1 Å². The zero-order chi connectivity index (χ0) is 32.4. The summed E-state index contributed by atoms with van der Waals surface area (Å²) in [7, 11) is 0. The molecule has 0 radical (unpaired) electrons. The van der Waals surface area contributed by atoms with Crippen LogP contribution in [0.4, 0.5) is 0 Å². The van der Waals surface area contributed by atoms with Gasteiger partial charge in [0.2, 0.25) is 0 Å². The average molecular weight is 682 g/mol. The summed E-state index contributed by atoms with van der Waals surface area (Å²) in [6.07, 6.45) is 10.2. The van der Waals surface area contributed by atoms with Gasteiger partial charge in [0.25, 0.3) is 0 Å². The Morgan fingerprint density at radius 3 is 1.89 bits per heavy atom. The maximum atomic E-state index is 12.8. The highest BCUT2D eigenvalue weighted by molar-refractivity contribution is 9.10. The van der Waals surface area contributed by atoms with E-state index in [1.165, 1.54) is 63.3 Å². The third kappa shape index (κ3) is 12.3. The predicted molar refractivity (Wildman–Crippen MR) is 180 cm³/mol. The lowest BCUT2D eigenvalue weighted by Gasteiger charge is -2.13. The Morgan fingerprint density at radius 2 is 1.22 bits per heavy atom. The van der Waals surface area contributed by atoms with Crippen molar-refractivity contribution >= 4 is 33.8 Å². The number of hydrogen-bond donors (Lipinski definition) is 0. The highest BCUT2D eigenvalue weighted by atomic mass is 79.9. The van der Waals surface area contributed by atoms with Crippen molar-refractivity contribution in [3.63, 3.8) is 0 Å². The molecule has 0 bridgehead atoms. The van der Waals surface area contributed by atoms with Crippen LogP contribution in [0.1, 0.15) is 106 Å². The molecule has 8 heteroatoms. The van der Waals surface area contributed by atoms with E-state index in [4.69, 9.17) is 18.9 Å². The van der Waals surface area contributed by atoms with Crippen LogP contribution in [-0.4, -0.2) is 37.2 Å². The standard InChI is InChI=1S/C37H45BrO7/c1-4-6-8-10-11-13-24-42-34-23-20-31(26-33(34)38)28-14-16-29(17-15-28)37(41)45-32-21-18-30(19-22-32)36(40)44-27(3)35(39)43-25-12-9-7-5-2/h14-23,26-27H,4-13,24-25H2,1-3H3. The molecule has 0 fully saturated rings. The van der Waals surface area contributed by atoms with Crippen molar-refractivity contribution in [3.8, 4) is 22.6 Å². The Labute approximate surface area is 275 Å². The summed E-state index contributed by atoms with van der Waals surface area (Å²) in [5, 5.41) is 0. The number of ether oxygens (including phenoxy) is 4. The topological polar surface area (TPSA) is 88.1 Å². The normalized spacial score (nSPS) is 11.5. The van der Waals surface area contributed by atoms with Crippen LogP contribution >= 0.6 is 15.9 Å². The fraction of sp³-hybridized carbons (Fsp3) is 0.432. The second kappa shape index (κ2) is 19.7. The van der Waals surface area contributed by atoms with Crippen LogP contribution in [0.2, 0.25) is 0 Å². The number of carbonyl (C=O) groups excluding carboxylic acids is 3. The minimum absolute atomic E-state index is 0.228. The van der Waals surface area contributed by atoms with Crippen LogP contribution in [0.5, 0.6) is 11.5 Å². The molecule has 3 aromatic carbocycles. The summed E-state index contributed by atoms with van der Waals surface area (Å²) in [4.78, 5) is 37.3. The maximum Gasteiger partial charge on any atom is 0.347 e. The first kappa shape index (κ1) is 35.8. The Hall–Kier alpha value is -3.65.